The highest BCUT2D eigenvalue weighted by Crippen LogP contribution is 2.32. The average Bonchev–Trinajstić information content (AvgIpc) is 2.46. The normalized spacial score (nSPS) is 10.4. The summed E-state index contributed by atoms with van der Waals surface area (Å²) in [5.41, 5.74) is 2.35. The van der Waals surface area contributed by atoms with E-state index in [1.165, 1.54) is 6.07 Å². The van der Waals surface area contributed by atoms with E-state index in [4.69, 9.17) is 16.3 Å². The molecule has 0 fully saturated rings. The molecule has 0 aliphatic heterocycles. The van der Waals surface area contributed by atoms with Crippen molar-refractivity contribution in [1.29, 1.82) is 0 Å². The van der Waals surface area contributed by atoms with Gasteiger partial charge in [-0.1, -0.05) is 41.9 Å². The zero-order valence-electron chi connectivity index (χ0n) is 11.5. The van der Waals surface area contributed by atoms with Gasteiger partial charge in [0, 0.05) is 19.7 Å². The fraction of sp³-hybridized carbons (Fsp3) is 0.200. The first-order valence-corrected chi connectivity index (χ1v) is 6.73. The van der Waals surface area contributed by atoms with E-state index in [2.05, 4.69) is 5.32 Å². The van der Waals surface area contributed by atoms with Crippen LogP contribution in [0.2, 0.25) is 5.02 Å². The van der Waals surface area contributed by atoms with Crippen molar-refractivity contribution in [3.05, 3.63) is 68.7 Å². The van der Waals surface area contributed by atoms with Gasteiger partial charge in [-0.25, -0.2) is 0 Å². The Labute approximate surface area is 127 Å². The van der Waals surface area contributed by atoms with Gasteiger partial charge in [0.15, 0.2) is 0 Å². The van der Waals surface area contributed by atoms with E-state index in [9.17, 15) is 10.1 Å². The molecule has 0 saturated heterocycles. The van der Waals surface area contributed by atoms with Crippen molar-refractivity contribution in [1.82, 2.24) is 0 Å². The lowest BCUT2D eigenvalue weighted by Crippen LogP contribution is -2.04. The lowest BCUT2D eigenvalue weighted by molar-refractivity contribution is -0.383. The van der Waals surface area contributed by atoms with Gasteiger partial charge in [-0.2, -0.15) is 0 Å². The molecule has 0 radical (unpaired) electrons. The van der Waals surface area contributed by atoms with Gasteiger partial charge in [0.25, 0.3) is 5.69 Å². The second-order valence-electron chi connectivity index (χ2n) is 4.50. The Hall–Kier alpha value is -2.11. The molecule has 0 atom stereocenters. The number of methoxy groups -OCH3 is 1. The first kappa shape index (κ1) is 15.3. The van der Waals surface area contributed by atoms with Crippen LogP contribution in [0.15, 0.2) is 42.5 Å². The fourth-order valence-corrected chi connectivity index (χ4v) is 2.26. The first-order valence-electron chi connectivity index (χ1n) is 6.35. The second kappa shape index (κ2) is 7.06. The predicted molar refractivity (Wildman–Crippen MR) is 82.6 cm³/mol. The summed E-state index contributed by atoms with van der Waals surface area (Å²) in [7, 11) is 1.64. The van der Waals surface area contributed by atoms with Crippen LogP contribution in [-0.2, 0) is 17.9 Å². The molecule has 0 aliphatic rings. The molecule has 0 aromatic heterocycles. The van der Waals surface area contributed by atoms with Gasteiger partial charge in [0.2, 0.25) is 0 Å². The number of nitro groups is 1. The average molecular weight is 307 g/mol. The lowest BCUT2D eigenvalue weighted by Gasteiger charge is -2.10. The largest absolute Gasteiger partial charge is 0.380 e. The molecule has 6 heteroatoms. The molecule has 0 spiro atoms. The Morgan fingerprint density at radius 2 is 1.95 bits per heavy atom. The number of halogens is 1. The van der Waals surface area contributed by atoms with E-state index < -0.39 is 4.92 Å². The van der Waals surface area contributed by atoms with Crippen molar-refractivity contribution in [2.24, 2.45) is 0 Å². The third-order valence-electron chi connectivity index (χ3n) is 2.96. The highest BCUT2D eigenvalue weighted by molar-refractivity contribution is 6.33. The number of nitrogens with one attached hydrogen (secondary N) is 1. The van der Waals surface area contributed by atoms with Crippen molar-refractivity contribution < 1.29 is 9.66 Å². The molecular weight excluding hydrogens is 292 g/mol. The van der Waals surface area contributed by atoms with Gasteiger partial charge in [-0.15, -0.1) is 0 Å². The molecule has 1 N–H and O–H groups in total. The summed E-state index contributed by atoms with van der Waals surface area (Å²) in [5, 5.41) is 14.4. The van der Waals surface area contributed by atoms with Gasteiger partial charge >= 0.3 is 0 Å². The van der Waals surface area contributed by atoms with Crippen LogP contribution in [0.3, 0.4) is 0 Å². The molecule has 110 valence electrons. The molecule has 5 nitrogen and oxygen atoms in total. The van der Waals surface area contributed by atoms with E-state index in [-0.39, 0.29) is 5.69 Å². The van der Waals surface area contributed by atoms with E-state index in [0.29, 0.717) is 23.9 Å². The summed E-state index contributed by atoms with van der Waals surface area (Å²) in [6.07, 6.45) is 0. The molecule has 0 bridgehead atoms. The van der Waals surface area contributed by atoms with E-state index in [1.807, 2.05) is 24.3 Å². The standard InChI is InChI=1S/C15H15ClN2O3/c1-21-10-12-5-2-4-11(8-12)9-17-15-13(16)6-3-7-14(15)18(19)20/h2-8,17H,9-10H2,1H3. The van der Waals surface area contributed by atoms with Crippen molar-refractivity contribution in [2.75, 3.05) is 12.4 Å². The van der Waals surface area contributed by atoms with Crippen LogP contribution < -0.4 is 5.32 Å². The summed E-state index contributed by atoms with van der Waals surface area (Å²) in [6.45, 7) is 0.974. The summed E-state index contributed by atoms with van der Waals surface area (Å²) >= 11 is 6.03. The molecule has 0 heterocycles. The Morgan fingerprint density at radius 3 is 2.67 bits per heavy atom. The minimum atomic E-state index is -0.449. The van der Waals surface area contributed by atoms with Crippen molar-refractivity contribution >= 4 is 23.0 Å². The zero-order chi connectivity index (χ0) is 15.2. The van der Waals surface area contributed by atoms with Crippen molar-refractivity contribution in [3.63, 3.8) is 0 Å². The topological polar surface area (TPSA) is 64.4 Å². The molecule has 0 saturated carbocycles. The van der Waals surface area contributed by atoms with Crippen molar-refractivity contribution in [2.45, 2.75) is 13.2 Å². The highest BCUT2D eigenvalue weighted by Gasteiger charge is 2.16. The molecule has 2 rings (SSSR count). The number of rotatable bonds is 6. The van der Waals surface area contributed by atoms with Crippen LogP contribution in [0.4, 0.5) is 11.4 Å². The van der Waals surface area contributed by atoms with Gasteiger partial charge in [0.1, 0.15) is 5.69 Å². The van der Waals surface area contributed by atoms with Gasteiger partial charge < -0.3 is 10.1 Å². The Kier molecular flexibility index (Phi) is 5.14. The Morgan fingerprint density at radius 1 is 1.24 bits per heavy atom. The van der Waals surface area contributed by atoms with Crippen LogP contribution in [0.25, 0.3) is 0 Å². The van der Waals surface area contributed by atoms with Crippen LogP contribution in [-0.4, -0.2) is 12.0 Å². The molecule has 21 heavy (non-hydrogen) atoms. The SMILES string of the molecule is COCc1cccc(CNc2c(Cl)cccc2[N+](=O)[O-])c1. The Bertz CT molecular complexity index is 647. The monoisotopic (exact) mass is 306 g/mol. The van der Waals surface area contributed by atoms with E-state index in [1.54, 1.807) is 19.2 Å². The first-order chi connectivity index (χ1) is 10.1. The lowest BCUT2D eigenvalue weighted by atomic mass is 10.1. The molecule has 0 unspecified atom stereocenters. The number of ether oxygens (including phenoxy) is 1. The van der Waals surface area contributed by atoms with Gasteiger partial charge in [-0.3, -0.25) is 10.1 Å². The number of nitro benzene ring substituents is 1. The quantitative estimate of drug-likeness (QED) is 0.647. The minimum absolute atomic E-state index is 0.0319. The van der Waals surface area contributed by atoms with Crippen LogP contribution in [0.5, 0.6) is 0 Å². The van der Waals surface area contributed by atoms with E-state index >= 15 is 0 Å². The third kappa shape index (κ3) is 3.93. The number of nitrogens with zero attached hydrogens (tertiary/aromatic N) is 1. The second-order valence-corrected chi connectivity index (χ2v) is 4.90. The molecule has 0 aliphatic carbocycles. The van der Waals surface area contributed by atoms with Crippen LogP contribution in [0.1, 0.15) is 11.1 Å². The highest BCUT2D eigenvalue weighted by atomic mass is 35.5. The fourth-order valence-electron chi connectivity index (χ4n) is 2.03. The summed E-state index contributed by atoms with van der Waals surface area (Å²) < 4.78 is 5.08. The number of hydrogen-bond donors (Lipinski definition) is 1. The van der Waals surface area contributed by atoms with Crippen molar-refractivity contribution in [3.8, 4) is 0 Å². The van der Waals surface area contributed by atoms with E-state index in [0.717, 1.165) is 11.1 Å². The maximum Gasteiger partial charge on any atom is 0.293 e. The van der Waals surface area contributed by atoms with Gasteiger partial charge in [-0.05, 0) is 17.2 Å². The number of para-hydroxylation sites is 1. The number of benzene rings is 2. The molecular formula is C15H15ClN2O3. The van der Waals surface area contributed by atoms with Crippen LogP contribution >= 0.6 is 11.6 Å². The number of hydrogen-bond acceptors (Lipinski definition) is 4. The minimum Gasteiger partial charge on any atom is -0.380 e. The maximum absolute atomic E-state index is 11.0. The van der Waals surface area contributed by atoms with Gasteiger partial charge in [0.05, 0.1) is 16.6 Å². The maximum atomic E-state index is 11.0. The molecule has 0 amide bonds. The zero-order valence-corrected chi connectivity index (χ0v) is 12.3. The third-order valence-corrected chi connectivity index (χ3v) is 3.27. The smallest absolute Gasteiger partial charge is 0.293 e. The summed E-state index contributed by atoms with van der Waals surface area (Å²) in [6, 6.07) is 12.4. The Balaban J connectivity index is 2.16. The number of anilines is 1. The molecule has 2 aromatic carbocycles. The van der Waals surface area contributed by atoms with Crippen LogP contribution in [0, 0.1) is 10.1 Å². The predicted octanol–water partition coefficient (Wildman–Crippen LogP) is 4.01. The summed E-state index contributed by atoms with van der Waals surface area (Å²) in [4.78, 5) is 10.6. The molecule has 2 aromatic rings. The summed E-state index contributed by atoms with van der Waals surface area (Å²) in [5.74, 6) is 0.